The van der Waals surface area contributed by atoms with Gasteiger partial charge in [0.2, 0.25) is 0 Å². The Morgan fingerprint density at radius 3 is 2.48 bits per heavy atom. The molecule has 5 nitrogen and oxygen atoms in total. The first-order valence-electron chi connectivity index (χ1n) is 8.85. The number of nitrogens with zero attached hydrogens (tertiary/aromatic N) is 1. The molecule has 1 aromatic heterocycles. The van der Waals surface area contributed by atoms with Crippen molar-refractivity contribution >= 4 is 51.8 Å². The monoisotopic (exact) mass is 403 g/mol. The Hall–Kier alpha value is -2.21. The van der Waals surface area contributed by atoms with Gasteiger partial charge in [0.15, 0.2) is 0 Å². The van der Waals surface area contributed by atoms with Gasteiger partial charge in [-0.25, -0.2) is 0 Å². The van der Waals surface area contributed by atoms with Crippen molar-refractivity contribution in [2.24, 2.45) is 11.5 Å². The zero-order valence-corrected chi connectivity index (χ0v) is 16.4. The van der Waals surface area contributed by atoms with E-state index in [1.807, 2.05) is 12.1 Å². The van der Waals surface area contributed by atoms with Crippen LogP contribution in [-0.2, 0) is 19.4 Å². The fourth-order valence-corrected chi connectivity index (χ4v) is 3.98. The van der Waals surface area contributed by atoms with E-state index in [1.54, 1.807) is 6.07 Å². The van der Waals surface area contributed by atoms with Gasteiger partial charge in [-0.15, -0.1) is 0 Å². The lowest BCUT2D eigenvalue weighted by atomic mass is 10.1. The van der Waals surface area contributed by atoms with Gasteiger partial charge in [0.05, 0.1) is 16.4 Å². The molecule has 0 spiro atoms. The Labute approximate surface area is 168 Å². The molecule has 0 radical (unpaired) electrons. The predicted octanol–water partition coefficient (Wildman–Crippen LogP) is 4.69. The van der Waals surface area contributed by atoms with Gasteiger partial charge in [-0.05, 0) is 61.2 Å². The van der Waals surface area contributed by atoms with Gasteiger partial charge in [0.1, 0.15) is 0 Å². The minimum absolute atomic E-state index is 0.553. The highest BCUT2D eigenvalue weighted by Gasteiger charge is 2.21. The molecule has 3 aromatic rings. The van der Waals surface area contributed by atoms with Gasteiger partial charge in [0, 0.05) is 41.1 Å². The van der Waals surface area contributed by atoms with E-state index >= 15 is 0 Å². The molecule has 1 aliphatic rings. The normalized spacial score (nSPS) is 12.4. The number of anilines is 2. The highest BCUT2D eigenvalue weighted by molar-refractivity contribution is 6.42. The molecule has 0 bridgehead atoms. The number of halogens is 2. The molecule has 0 atom stereocenters. The summed E-state index contributed by atoms with van der Waals surface area (Å²) in [5.41, 5.74) is 16.4. The molecule has 0 amide bonds. The van der Waals surface area contributed by atoms with Crippen molar-refractivity contribution in [1.29, 1.82) is 5.41 Å². The average molecular weight is 404 g/mol. The summed E-state index contributed by atoms with van der Waals surface area (Å²) in [6, 6.07) is 12.1. The molecule has 2 aromatic carbocycles. The van der Waals surface area contributed by atoms with Gasteiger partial charge in [0.25, 0.3) is 0 Å². The minimum atomic E-state index is 0.553. The summed E-state index contributed by atoms with van der Waals surface area (Å²) in [6.07, 6.45) is 4.29. The van der Waals surface area contributed by atoms with E-state index in [-0.39, 0.29) is 0 Å². The van der Waals surface area contributed by atoms with Crippen LogP contribution in [0, 0.1) is 5.41 Å². The van der Waals surface area contributed by atoms with Gasteiger partial charge in [-0.1, -0.05) is 23.2 Å². The SMILES string of the molecule is N=CN.NCCn1c2c(c3cc(Nc4ccc(Cl)c(Cl)c4)ccc31)CCC2. The quantitative estimate of drug-likeness (QED) is 0.375. The molecule has 27 heavy (non-hydrogen) atoms. The maximum absolute atomic E-state index is 6.10. The number of nitrogens with one attached hydrogen (secondary N) is 2. The second-order valence-corrected chi connectivity index (χ2v) is 7.19. The summed E-state index contributed by atoms with van der Waals surface area (Å²) >= 11 is 12.1. The van der Waals surface area contributed by atoms with E-state index in [9.17, 15) is 0 Å². The Balaban J connectivity index is 0.000000659. The summed E-state index contributed by atoms with van der Waals surface area (Å²) in [7, 11) is 0. The van der Waals surface area contributed by atoms with Crippen molar-refractivity contribution in [3.8, 4) is 0 Å². The van der Waals surface area contributed by atoms with Crippen LogP contribution in [0.1, 0.15) is 17.7 Å². The minimum Gasteiger partial charge on any atom is -0.390 e. The number of hydrogen-bond donors (Lipinski definition) is 4. The lowest BCUT2D eigenvalue weighted by molar-refractivity contribution is 0.696. The predicted molar refractivity (Wildman–Crippen MR) is 116 cm³/mol. The fraction of sp³-hybridized carbons (Fsp3) is 0.250. The van der Waals surface area contributed by atoms with Crippen LogP contribution in [0.4, 0.5) is 11.4 Å². The van der Waals surface area contributed by atoms with Crippen LogP contribution >= 0.6 is 23.2 Å². The number of benzene rings is 2. The molecular formula is C20H23Cl2N5. The largest absolute Gasteiger partial charge is 0.390 e. The van der Waals surface area contributed by atoms with Gasteiger partial charge < -0.3 is 21.4 Å². The molecule has 1 heterocycles. The van der Waals surface area contributed by atoms with Gasteiger partial charge in [-0.3, -0.25) is 5.41 Å². The highest BCUT2D eigenvalue weighted by Crippen LogP contribution is 2.35. The molecule has 142 valence electrons. The molecule has 0 saturated heterocycles. The summed E-state index contributed by atoms with van der Waals surface area (Å²) in [5.74, 6) is 0. The zero-order chi connectivity index (χ0) is 19.4. The third-order valence-corrected chi connectivity index (χ3v) is 5.43. The number of nitrogens with two attached hydrogens (primary N) is 2. The third kappa shape index (κ3) is 4.05. The number of hydrogen-bond acceptors (Lipinski definition) is 3. The Morgan fingerprint density at radius 1 is 1.07 bits per heavy atom. The highest BCUT2D eigenvalue weighted by atomic mass is 35.5. The van der Waals surface area contributed by atoms with Crippen LogP contribution in [0.2, 0.25) is 10.0 Å². The van der Waals surface area contributed by atoms with Gasteiger partial charge in [-0.2, -0.15) is 0 Å². The summed E-state index contributed by atoms with van der Waals surface area (Å²) in [5, 5.41) is 11.7. The van der Waals surface area contributed by atoms with E-state index in [0.29, 0.717) is 16.6 Å². The van der Waals surface area contributed by atoms with Crippen LogP contribution in [0.25, 0.3) is 10.9 Å². The second kappa shape index (κ2) is 8.65. The molecule has 0 unspecified atom stereocenters. The number of fused-ring (bicyclic) bond motifs is 3. The van der Waals surface area contributed by atoms with Crippen molar-refractivity contribution in [2.45, 2.75) is 25.8 Å². The summed E-state index contributed by atoms with van der Waals surface area (Å²) < 4.78 is 2.39. The van der Waals surface area contributed by atoms with Crippen LogP contribution in [0.15, 0.2) is 36.4 Å². The lowest BCUT2D eigenvalue weighted by Gasteiger charge is -2.10. The average Bonchev–Trinajstić information content (AvgIpc) is 3.22. The van der Waals surface area contributed by atoms with Crippen molar-refractivity contribution in [3.05, 3.63) is 57.7 Å². The number of rotatable bonds is 4. The van der Waals surface area contributed by atoms with Crippen molar-refractivity contribution < 1.29 is 0 Å². The van der Waals surface area contributed by atoms with Crippen molar-refractivity contribution in [2.75, 3.05) is 11.9 Å². The summed E-state index contributed by atoms with van der Waals surface area (Å²) in [6.45, 7) is 1.55. The van der Waals surface area contributed by atoms with E-state index in [0.717, 1.165) is 37.1 Å². The fourth-order valence-electron chi connectivity index (χ4n) is 3.68. The second-order valence-electron chi connectivity index (χ2n) is 6.37. The first-order chi connectivity index (χ1) is 13.1. The molecule has 0 aliphatic heterocycles. The van der Waals surface area contributed by atoms with Crippen LogP contribution in [0.3, 0.4) is 0 Å². The smallest absolute Gasteiger partial charge is 0.0765 e. The molecular weight excluding hydrogens is 381 g/mol. The van der Waals surface area contributed by atoms with Crippen LogP contribution in [0.5, 0.6) is 0 Å². The van der Waals surface area contributed by atoms with Crippen molar-refractivity contribution in [3.63, 3.8) is 0 Å². The first kappa shape index (κ1) is 19.5. The molecule has 4 rings (SSSR count). The third-order valence-electron chi connectivity index (χ3n) is 4.69. The van der Waals surface area contributed by atoms with Crippen LogP contribution < -0.4 is 16.8 Å². The topological polar surface area (TPSA) is 92.8 Å². The number of aromatic nitrogens is 1. The zero-order valence-electron chi connectivity index (χ0n) is 14.9. The maximum atomic E-state index is 6.10. The van der Waals surface area contributed by atoms with E-state index in [4.69, 9.17) is 34.3 Å². The van der Waals surface area contributed by atoms with Gasteiger partial charge >= 0.3 is 0 Å². The van der Waals surface area contributed by atoms with E-state index in [2.05, 4.69) is 33.8 Å². The molecule has 1 aliphatic carbocycles. The Kier molecular flexibility index (Phi) is 6.26. The van der Waals surface area contributed by atoms with E-state index < -0.39 is 0 Å². The Bertz CT molecular complexity index is 965. The molecule has 0 saturated carbocycles. The van der Waals surface area contributed by atoms with E-state index in [1.165, 1.54) is 28.6 Å². The standard InChI is InChI=1S/C19H19Cl2N3.CH4N2/c20-16-6-4-13(11-17(16)21)23-12-5-7-19-15(10-12)14-2-1-3-18(14)24(19)9-8-22;2-1-3/h4-7,10-11,23H,1-3,8-9,22H2;1H,(H3,2,3). The number of aryl methyl sites for hydroxylation is 1. The van der Waals surface area contributed by atoms with Crippen LogP contribution in [-0.4, -0.2) is 17.5 Å². The molecule has 0 fully saturated rings. The Morgan fingerprint density at radius 2 is 1.78 bits per heavy atom. The summed E-state index contributed by atoms with van der Waals surface area (Å²) in [4.78, 5) is 0. The lowest BCUT2D eigenvalue weighted by Crippen LogP contribution is -2.11. The maximum Gasteiger partial charge on any atom is 0.0765 e. The molecule has 6 N–H and O–H groups in total. The first-order valence-corrected chi connectivity index (χ1v) is 9.61. The molecule has 7 heteroatoms. The van der Waals surface area contributed by atoms with Crippen molar-refractivity contribution in [1.82, 2.24) is 4.57 Å².